The second kappa shape index (κ2) is 11.7. The van der Waals surface area contributed by atoms with Gasteiger partial charge in [0.2, 0.25) is 0 Å². The Hall–Kier alpha value is -7.17. The monoisotopic (exact) mass is 675 g/mol. The van der Waals surface area contributed by atoms with Gasteiger partial charge in [0.1, 0.15) is 11.2 Å². The number of nitrogens with zero attached hydrogens (tertiary/aromatic N) is 3. The van der Waals surface area contributed by atoms with Crippen molar-refractivity contribution in [2.45, 2.75) is 0 Å². The van der Waals surface area contributed by atoms with Gasteiger partial charge < -0.3 is 4.42 Å². The highest BCUT2D eigenvalue weighted by Crippen LogP contribution is 2.42. The maximum absolute atomic E-state index is 6.77. The quantitative estimate of drug-likeness (QED) is 0.174. The standard InChI is InChI=1S/C49H29N3O/c1-2-14-31(15-3-1)47-50-48(52-49(51-47)44-27-32-16-5-7-19-35(32)36-20-8-9-21-38(36)44)33-25-26-40-43-29-42(37-24-12-17-30-13-4-6-18-34(30)37)39-22-10-11-23-41(39)46(43)53-45(40)28-33/h1-29H. The SMILES string of the molecule is c1ccc(-c2nc(-c3ccc4c(c3)oc3c5ccccc5c(-c5cccc6ccccc56)cc43)nc(-c3cc4ccccc4c4ccccc34)n2)cc1. The lowest BCUT2D eigenvalue weighted by atomic mass is 9.92. The summed E-state index contributed by atoms with van der Waals surface area (Å²) in [5.41, 5.74) is 6.82. The van der Waals surface area contributed by atoms with E-state index < -0.39 is 0 Å². The van der Waals surface area contributed by atoms with Gasteiger partial charge in [0.15, 0.2) is 17.5 Å². The van der Waals surface area contributed by atoms with Gasteiger partial charge in [0, 0.05) is 32.8 Å². The first-order valence-corrected chi connectivity index (χ1v) is 17.9. The zero-order valence-electron chi connectivity index (χ0n) is 28.5. The molecule has 4 nitrogen and oxygen atoms in total. The van der Waals surface area contributed by atoms with Crippen LogP contribution in [-0.2, 0) is 0 Å². The Morgan fingerprint density at radius 2 is 0.906 bits per heavy atom. The topological polar surface area (TPSA) is 51.8 Å². The third-order valence-corrected chi connectivity index (χ3v) is 10.5. The molecule has 0 bridgehead atoms. The van der Waals surface area contributed by atoms with Gasteiger partial charge in [0.25, 0.3) is 0 Å². The van der Waals surface area contributed by atoms with Crippen molar-refractivity contribution in [1.82, 2.24) is 15.0 Å². The van der Waals surface area contributed by atoms with E-state index in [1.165, 1.54) is 32.7 Å². The number of benzene rings is 9. The molecule has 0 saturated heterocycles. The molecule has 2 heterocycles. The Kier molecular flexibility index (Phi) is 6.52. The summed E-state index contributed by atoms with van der Waals surface area (Å²) in [6.07, 6.45) is 0. The normalized spacial score (nSPS) is 11.8. The fourth-order valence-electron chi connectivity index (χ4n) is 8.00. The molecule has 53 heavy (non-hydrogen) atoms. The molecule has 4 heteroatoms. The molecule has 0 atom stereocenters. The number of aromatic nitrogens is 3. The minimum atomic E-state index is 0.592. The highest BCUT2D eigenvalue weighted by Gasteiger charge is 2.19. The maximum Gasteiger partial charge on any atom is 0.164 e. The minimum absolute atomic E-state index is 0.592. The molecule has 0 saturated carbocycles. The van der Waals surface area contributed by atoms with Crippen LogP contribution < -0.4 is 0 Å². The van der Waals surface area contributed by atoms with E-state index in [4.69, 9.17) is 19.4 Å². The molecule has 0 aliphatic rings. The minimum Gasteiger partial charge on any atom is -0.455 e. The number of hydrogen-bond acceptors (Lipinski definition) is 4. The molecule has 0 radical (unpaired) electrons. The van der Waals surface area contributed by atoms with E-state index in [2.05, 4.69) is 146 Å². The Labute approximate surface area is 304 Å². The molecule has 11 rings (SSSR count). The highest BCUT2D eigenvalue weighted by atomic mass is 16.3. The smallest absolute Gasteiger partial charge is 0.164 e. The first kappa shape index (κ1) is 29.5. The third kappa shape index (κ3) is 4.73. The predicted octanol–water partition coefficient (Wildman–Crippen LogP) is 13.1. The molecular formula is C49H29N3O. The Morgan fingerprint density at radius 1 is 0.302 bits per heavy atom. The van der Waals surface area contributed by atoms with Crippen LogP contribution in [0.3, 0.4) is 0 Å². The number of furan rings is 1. The van der Waals surface area contributed by atoms with Gasteiger partial charge in [-0.1, -0.05) is 152 Å². The first-order chi connectivity index (χ1) is 26.3. The average molecular weight is 676 g/mol. The van der Waals surface area contributed by atoms with Crippen molar-refractivity contribution < 1.29 is 4.42 Å². The van der Waals surface area contributed by atoms with Crippen molar-refractivity contribution in [2.75, 3.05) is 0 Å². The van der Waals surface area contributed by atoms with Crippen molar-refractivity contribution in [3.63, 3.8) is 0 Å². The van der Waals surface area contributed by atoms with Crippen LogP contribution in [0, 0.1) is 0 Å². The van der Waals surface area contributed by atoms with Crippen LogP contribution in [0.4, 0.5) is 0 Å². The molecule has 0 spiro atoms. The summed E-state index contributed by atoms with van der Waals surface area (Å²) < 4.78 is 6.77. The molecular weight excluding hydrogens is 647 g/mol. The summed E-state index contributed by atoms with van der Waals surface area (Å²) >= 11 is 0. The zero-order valence-corrected chi connectivity index (χ0v) is 28.5. The molecule has 2 aromatic heterocycles. The molecule has 11 aromatic rings. The van der Waals surface area contributed by atoms with E-state index >= 15 is 0 Å². The highest BCUT2D eigenvalue weighted by molar-refractivity contribution is 6.21. The van der Waals surface area contributed by atoms with Crippen LogP contribution in [0.15, 0.2) is 180 Å². The summed E-state index contributed by atoms with van der Waals surface area (Å²) in [7, 11) is 0. The lowest BCUT2D eigenvalue weighted by Crippen LogP contribution is -2.00. The zero-order chi connectivity index (χ0) is 34.9. The van der Waals surface area contributed by atoms with Gasteiger partial charge in [-0.05, 0) is 73.1 Å². The van der Waals surface area contributed by atoms with Crippen molar-refractivity contribution in [3.8, 4) is 45.3 Å². The van der Waals surface area contributed by atoms with Gasteiger partial charge in [-0.3, -0.25) is 0 Å². The van der Waals surface area contributed by atoms with Gasteiger partial charge in [0.05, 0.1) is 0 Å². The Bertz CT molecular complexity index is 3230. The van der Waals surface area contributed by atoms with Gasteiger partial charge >= 0.3 is 0 Å². The summed E-state index contributed by atoms with van der Waals surface area (Å²) in [5, 5.41) is 11.4. The first-order valence-electron chi connectivity index (χ1n) is 17.9. The van der Waals surface area contributed by atoms with E-state index in [-0.39, 0.29) is 0 Å². The van der Waals surface area contributed by atoms with Crippen molar-refractivity contribution in [3.05, 3.63) is 176 Å². The number of hydrogen-bond donors (Lipinski definition) is 0. The van der Waals surface area contributed by atoms with E-state index in [0.29, 0.717) is 17.5 Å². The van der Waals surface area contributed by atoms with E-state index in [1.807, 2.05) is 30.3 Å². The lowest BCUT2D eigenvalue weighted by Gasteiger charge is -2.12. The molecule has 0 unspecified atom stereocenters. The second-order valence-electron chi connectivity index (χ2n) is 13.5. The predicted molar refractivity (Wildman–Crippen MR) is 219 cm³/mol. The molecule has 9 aromatic carbocycles. The van der Waals surface area contributed by atoms with Crippen molar-refractivity contribution in [2.24, 2.45) is 0 Å². The van der Waals surface area contributed by atoms with E-state index in [9.17, 15) is 0 Å². The van der Waals surface area contributed by atoms with Crippen LogP contribution in [0.25, 0.3) is 110 Å². The summed E-state index contributed by atoms with van der Waals surface area (Å²) in [6, 6.07) is 61.6. The van der Waals surface area contributed by atoms with Crippen LogP contribution in [0.5, 0.6) is 0 Å². The van der Waals surface area contributed by atoms with Crippen molar-refractivity contribution >= 4 is 65.0 Å². The second-order valence-corrected chi connectivity index (χ2v) is 13.5. The lowest BCUT2D eigenvalue weighted by molar-refractivity contribution is 0.673. The fourth-order valence-corrected chi connectivity index (χ4v) is 8.00. The fraction of sp³-hybridized carbons (Fsp3) is 0. The summed E-state index contributed by atoms with van der Waals surface area (Å²) in [6.45, 7) is 0. The van der Waals surface area contributed by atoms with Gasteiger partial charge in [-0.2, -0.15) is 0 Å². The largest absolute Gasteiger partial charge is 0.455 e. The van der Waals surface area contributed by atoms with Crippen LogP contribution in [0.1, 0.15) is 0 Å². The van der Waals surface area contributed by atoms with Crippen LogP contribution >= 0.6 is 0 Å². The summed E-state index contributed by atoms with van der Waals surface area (Å²) in [4.78, 5) is 15.4. The maximum atomic E-state index is 6.77. The number of fused-ring (bicyclic) bond motifs is 9. The van der Waals surface area contributed by atoms with E-state index in [0.717, 1.165) is 60.2 Å². The average Bonchev–Trinajstić information content (AvgIpc) is 3.61. The van der Waals surface area contributed by atoms with Gasteiger partial charge in [-0.15, -0.1) is 0 Å². The Morgan fingerprint density at radius 3 is 1.72 bits per heavy atom. The molecule has 0 fully saturated rings. The molecule has 0 aliphatic carbocycles. The Balaban J connectivity index is 1.14. The summed E-state index contributed by atoms with van der Waals surface area (Å²) in [5.74, 6) is 1.85. The van der Waals surface area contributed by atoms with Gasteiger partial charge in [-0.25, -0.2) is 15.0 Å². The number of rotatable bonds is 4. The van der Waals surface area contributed by atoms with Crippen LogP contribution in [-0.4, -0.2) is 15.0 Å². The van der Waals surface area contributed by atoms with E-state index in [1.54, 1.807) is 0 Å². The molecule has 246 valence electrons. The molecule has 0 aliphatic heterocycles. The molecule has 0 amide bonds. The van der Waals surface area contributed by atoms with Crippen molar-refractivity contribution in [1.29, 1.82) is 0 Å². The molecule has 0 N–H and O–H groups in total. The third-order valence-electron chi connectivity index (χ3n) is 10.5. The van der Waals surface area contributed by atoms with Crippen LogP contribution in [0.2, 0.25) is 0 Å².